The molecule has 0 saturated heterocycles. The lowest BCUT2D eigenvalue weighted by molar-refractivity contribution is -0.388. The molecule has 0 unspecified atom stereocenters. The number of aryl methyl sites for hydroxylation is 2. The Morgan fingerprint density at radius 3 is 2.21 bits per heavy atom. The number of aromatic amines is 1. The summed E-state index contributed by atoms with van der Waals surface area (Å²) in [5, 5.41) is 0. The largest absolute Gasteiger partial charge is 0.748 e. The van der Waals surface area contributed by atoms with E-state index in [-0.39, 0.29) is 0 Å². The van der Waals surface area contributed by atoms with Gasteiger partial charge in [-0.15, -0.1) is 0 Å². The smallest absolute Gasteiger partial charge is 0.176 e. The van der Waals surface area contributed by atoms with Crippen molar-refractivity contribution in [3.8, 4) is 0 Å². The molecule has 0 saturated carbocycles. The molecule has 1 heterocycles. The van der Waals surface area contributed by atoms with Crippen molar-refractivity contribution < 1.29 is 18.0 Å². The summed E-state index contributed by atoms with van der Waals surface area (Å²) in [5.41, 5.74) is 2.58. The van der Waals surface area contributed by atoms with Crippen LogP contribution in [0.1, 0.15) is 18.2 Å². The maximum atomic E-state index is 9.08. The van der Waals surface area contributed by atoms with Gasteiger partial charge in [0.15, 0.2) is 11.9 Å². The molecule has 0 fully saturated rings. The highest BCUT2D eigenvalue weighted by atomic mass is 32.2. The predicted octanol–water partition coefficient (Wildman–Crippen LogP) is 0.533. The first-order valence-electron chi connectivity index (χ1n) is 4.21. The van der Waals surface area contributed by atoms with Crippen molar-refractivity contribution in [1.29, 1.82) is 0 Å². The van der Waals surface area contributed by atoms with Crippen LogP contribution in [-0.4, -0.2) is 19.2 Å². The van der Waals surface area contributed by atoms with Crippen LogP contribution in [-0.2, 0) is 16.5 Å². The van der Waals surface area contributed by atoms with E-state index in [0.717, 1.165) is 6.42 Å². The van der Waals surface area contributed by atoms with Gasteiger partial charge >= 0.3 is 0 Å². The molecule has 0 aliphatic rings. The molecule has 0 aromatic carbocycles. The van der Waals surface area contributed by atoms with E-state index < -0.39 is 10.1 Å². The van der Waals surface area contributed by atoms with Crippen LogP contribution in [0.15, 0.2) is 18.3 Å². The summed E-state index contributed by atoms with van der Waals surface area (Å²) in [6.45, 7) is 4.21. The molecule has 0 aliphatic carbocycles. The summed E-state index contributed by atoms with van der Waals surface area (Å²) in [6.07, 6.45) is 3.76. The average molecular weight is 217 g/mol. The number of hydrogen-bond donors (Lipinski definition) is 0. The van der Waals surface area contributed by atoms with Crippen molar-refractivity contribution in [2.24, 2.45) is 0 Å². The Hall–Kier alpha value is -0.940. The summed E-state index contributed by atoms with van der Waals surface area (Å²) in [6, 6.07) is 4.24. The number of aromatic nitrogens is 1. The fraction of sp³-hybridized carbons (Fsp3) is 0.444. The first-order valence-corrected chi connectivity index (χ1v) is 6.02. The standard InChI is InChI=1S/C8H11N.CH4O3S/c1-3-8-5-4-7(2)9-6-8;1-5(2,3)4/h4-6H,3H2,1-2H3;1H3,(H,2,3,4). The van der Waals surface area contributed by atoms with Crippen LogP contribution < -0.4 is 4.98 Å². The molecule has 14 heavy (non-hydrogen) atoms. The van der Waals surface area contributed by atoms with Crippen LogP contribution in [0.5, 0.6) is 0 Å². The molecule has 5 heteroatoms. The molecule has 0 bridgehead atoms. The van der Waals surface area contributed by atoms with Gasteiger partial charge in [-0.3, -0.25) is 0 Å². The summed E-state index contributed by atoms with van der Waals surface area (Å²) in [4.78, 5) is 3.15. The van der Waals surface area contributed by atoms with Gasteiger partial charge in [0.1, 0.15) is 0 Å². The van der Waals surface area contributed by atoms with Gasteiger partial charge in [-0.1, -0.05) is 6.92 Å². The van der Waals surface area contributed by atoms with E-state index in [0.29, 0.717) is 6.26 Å². The summed E-state index contributed by atoms with van der Waals surface area (Å²) >= 11 is 0. The highest BCUT2D eigenvalue weighted by Gasteiger charge is 1.92. The summed E-state index contributed by atoms with van der Waals surface area (Å²) < 4.78 is 27.2. The normalized spacial score (nSPS) is 10.3. The van der Waals surface area contributed by atoms with Crippen molar-refractivity contribution >= 4 is 10.1 Å². The zero-order chi connectivity index (χ0) is 11.2. The second kappa shape index (κ2) is 5.72. The molecule has 1 rings (SSSR count). The molecule has 0 amide bonds. The van der Waals surface area contributed by atoms with Gasteiger partial charge in [0.2, 0.25) is 0 Å². The van der Waals surface area contributed by atoms with Crippen LogP contribution in [0.4, 0.5) is 0 Å². The van der Waals surface area contributed by atoms with E-state index in [1.165, 1.54) is 11.3 Å². The lowest BCUT2D eigenvalue weighted by Crippen LogP contribution is -2.06. The maximum Gasteiger partial charge on any atom is 0.176 e. The van der Waals surface area contributed by atoms with Gasteiger partial charge in [-0.2, -0.15) is 0 Å². The fourth-order valence-electron chi connectivity index (χ4n) is 0.755. The van der Waals surface area contributed by atoms with E-state index in [9.17, 15) is 0 Å². The van der Waals surface area contributed by atoms with Crippen LogP contribution in [0.2, 0.25) is 0 Å². The van der Waals surface area contributed by atoms with E-state index in [4.69, 9.17) is 13.0 Å². The Balaban J connectivity index is 0.000000292. The molecule has 0 aliphatic heterocycles. The predicted molar refractivity (Wildman–Crippen MR) is 52.7 cm³/mol. The molecule has 4 nitrogen and oxygen atoms in total. The SMILES string of the molecule is CCc1ccc(C)[nH+]c1.CS(=O)(=O)[O-]. The number of rotatable bonds is 1. The number of pyridine rings is 1. The molecular weight excluding hydrogens is 202 g/mol. The monoisotopic (exact) mass is 217 g/mol. The minimum atomic E-state index is -3.92. The van der Waals surface area contributed by atoms with Gasteiger partial charge in [-0.05, 0) is 12.5 Å². The van der Waals surface area contributed by atoms with Crippen molar-refractivity contribution in [3.05, 3.63) is 29.6 Å². The first kappa shape index (κ1) is 13.1. The molecule has 1 aromatic heterocycles. The Morgan fingerprint density at radius 1 is 1.43 bits per heavy atom. The van der Waals surface area contributed by atoms with Crippen LogP contribution in [0.25, 0.3) is 0 Å². The van der Waals surface area contributed by atoms with Crippen LogP contribution in [0.3, 0.4) is 0 Å². The molecule has 1 aromatic rings. The third kappa shape index (κ3) is 9.15. The zero-order valence-corrected chi connectivity index (χ0v) is 9.39. The fourth-order valence-corrected chi connectivity index (χ4v) is 0.755. The quantitative estimate of drug-likeness (QED) is 0.644. The van der Waals surface area contributed by atoms with Crippen molar-refractivity contribution in [1.82, 2.24) is 0 Å². The molecular formula is C9H15NO3S. The van der Waals surface area contributed by atoms with Crippen molar-refractivity contribution in [2.45, 2.75) is 20.3 Å². The van der Waals surface area contributed by atoms with Crippen LogP contribution in [0, 0.1) is 6.92 Å². The third-order valence-electron chi connectivity index (χ3n) is 1.44. The van der Waals surface area contributed by atoms with E-state index >= 15 is 0 Å². The van der Waals surface area contributed by atoms with Crippen molar-refractivity contribution in [2.75, 3.05) is 6.26 Å². The Bertz CT molecular complexity index is 348. The molecule has 0 atom stereocenters. The Kier molecular flexibility index (Phi) is 5.34. The van der Waals surface area contributed by atoms with E-state index in [1.54, 1.807) is 0 Å². The Morgan fingerprint density at radius 2 is 1.93 bits per heavy atom. The van der Waals surface area contributed by atoms with Gasteiger partial charge < -0.3 is 4.55 Å². The van der Waals surface area contributed by atoms with E-state index in [2.05, 4.69) is 37.2 Å². The molecule has 0 radical (unpaired) electrons. The highest BCUT2D eigenvalue weighted by Crippen LogP contribution is 1.94. The second-order valence-electron chi connectivity index (χ2n) is 2.94. The van der Waals surface area contributed by atoms with Crippen molar-refractivity contribution in [3.63, 3.8) is 0 Å². The topological polar surface area (TPSA) is 71.3 Å². The Labute approximate surface area is 84.7 Å². The minimum Gasteiger partial charge on any atom is -0.748 e. The average Bonchev–Trinajstić information content (AvgIpc) is 2.03. The first-order chi connectivity index (χ1) is 6.33. The highest BCUT2D eigenvalue weighted by molar-refractivity contribution is 7.84. The molecule has 0 spiro atoms. The molecule has 1 N–H and O–H groups in total. The van der Waals surface area contributed by atoms with Gasteiger partial charge in [0.25, 0.3) is 0 Å². The van der Waals surface area contributed by atoms with Crippen LogP contribution >= 0.6 is 0 Å². The lowest BCUT2D eigenvalue weighted by Gasteiger charge is -1.90. The second-order valence-corrected chi connectivity index (χ2v) is 4.35. The van der Waals surface area contributed by atoms with Gasteiger partial charge in [0.05, 0.1) is 10.1 Å². The summed E-state index contributed by atoms with van der Waals surface area (Å²) in [7, 11) is -3.92. The number of nitrogens with one attached hydrogen (secondary N) is 1. The third-order valence-corrected chi connectivity index (χ3v) is 1.44. The van der Waals surface area contributed by atoms with Gasteiger partial charge in [-0.25, -0.2) is 13.4 Å². The number of H-pyrrole nitrogens is 1. The van der Waals surface area contributed by atoms with Gasteiger partial charge in [0, 0.05) is 24.8 Å². The molecule has 80 valence electrons. The minimum absolute atomic E-state index is 0.604. The summed E-state index contributed by atoms with van der Waals surface area (Å²) in [5.74, 6) is 0. The maximum absolute atomic E-state index is 9.08. The van der Waals surface area contributed by atoms with E-state index in [1.807, 2.05) is 0 Å². The zero-order valence-electron chi connectivity index (χ0n) is 8.57. The lowest BCUT2D eigenvalue weighted by atomic mass is 10.2. The number of hydrogen-bond acceptors (Lipinski definition) is 3.